The van der Waals surface area contributed by atoms with Crippen LogP contribution < -0.4 is 4.74 Å². The fraction of sp³-hybridized carbons (Fsp3) is 0.464. The van der Waals surface area contributed by atoms with E-state index in [1.807, 2.05) is 16.7 Å². The average molecular weight is 544 g/mol. The Labute approximate surface area is 225 Å². The first-order chi connectivity index (χ1) is 18.3. The monoisotopic (exact) mass is 543 g/mol. The van der Waals surface area contributed by atoms with Crippen molar-refractivity contribution in [2.24, 2.45) is 0 Å². The van der Waals surface area contributed by atoms with Crippen molar-refractivity contribution in [3.8, 4) is 5.75 Å². The standard InChI is InChI=1S/C28H31ClFN3O5/c1-37-24-13-21(29)22(30)12-18(24)20(27(34)35)15-33-23-9-8-16-10-11-32(28(36)38-2)14-19(16)25(23)31-26(33)17-6-4-3-5-7-17/h8-9,12-13,17,20H,3-7,10-11,14-15H2,1-2H3,(H,34,35)/t20-/m0/s1. The molecule has 38 heavy (non-hydrogen) atoms. The molecule has 2 aromatic carbocycles. The topological polar surface area (TPSA) is 93.9 Å². The number of aliphatic carboxylic acids is 1. The minimum atomic E-state index is -1.10. The van der Waals surface area contributed by atoms with Crippen LogP contribution in [-0.2, 0) is 29.0 Å². The first-order valence-corrected chi connectivity index (χ1v) is 13.3. The first-order valence-electron chi connectivity index (χ1n) is 12.9. The van der Waals surface area contributed by atoms with E-state index in [0.29, 0.717) is 19.5 Å². The first kappa shape index (κ1) is 26.3. The zero-order valence-corrected chi connectivity index (χ0v) is 22.3. The van der Waals surface area contributed by atoms with Crippen molar-refractivity contribution in [3.63, 3.8) is 0 Å². The SMILES string of the molecule is COC(=O)N1CCc2ccc3c(nc(C4CCCCC4)n3C[C@H](C(=O)O)c3cc(F)c(Cl)cc3OC)c2C1. The van der Waals surface area contributed by atoms with Gasteiger partial charge in [0.1, 0.15) is 23.3 Å². The van der Waals surface area contributed by atoms with E-state index in [2.05, 4.69) is 0 Å². The number of aromatic nitrogens is 2. The van der Waals surface area contributed by atoms with Crippen LogP contribution in [0.2, 0.25) is 5.02 Å². The van der Waals surface area contributed by atoms with Crippen molar-refractivity contribution in [1.29, 1.82) is 0 Å². The average Bonchev–Trinajstić information content (AvgIpc) is 3.31. The zero-order valence-electron chi connectivity index (χ0n) is 21.5. The lowest BCUT2D eigenvalue weighted by atomic mass is 9.88. The summed E-state index contributed by atoms with van der Waals surface area (Å²) in [5.41, 5.74) is 3.87. The number of carbonyl (C=O) groups excluding carboxylic acids is 1. The Balaban J connectivity index is 1.65. The Morgan fingerprint density at radius 3 is 2.66 bits per heavy atom. The minimum absolute atomic E-state index is 0.0502. The number of imidazole rings is 1. The predicted molar refractivity (Wildman–Crippen MR) is 140 cm³/mol. The summed E-state index contributed by atoms with van der Waals surface area (Å²) in [7, 11) is 2.78. The maximum Gasteiger partial charge on any atom is 0.409 e. The predicted octanol–water partition coefficient (Wildman–Crippen LogP) is 5.88. The van der Waals surface area contributed by atoms with Gasteiger partial charge in [-0.15, -0.1) is 0 Å². The van der Waals surface area contributed by atoms with Gasteiger partial charge in [0.05, 0.1) is 36.8 Å². The van der Waals surface area contributed by atoms with Crippen molar-refractivity contribution in [2.75, 3.05) is 20.8 Å². The van der Waals surface area contributed by atoms with Crippen molar-refractivity contribution in [2.45, 2.75) is 63.5 Å². The molecular weight excluding hydrogens is 513 g/mol. The fourth-order valence-corrected chi connectivity index (χ4v) is 6.03. The summed E-state index contributed by atoms with van der Waals surface area (Å²) < 4.78 is 26.8. The third kappa shape index (κ3) is 4.79. The normalized spacial score (nSPS) is 16.8. The number of hydrogen-bond acceptors (Lipinski definition) is 5. The fourth-order valence-electron chi connectivity index (χ4n) is 5.88. The van der Waals surface area contributed by atoms with Crippen molar-refractivity contribution >= 4 is 34.7 Å². The van der Waals surface area contributed by atoms with Crippen molar-refractivity contribution in [3.05, 3.63) is 57.6 Å². The zero-order chi connectivity index (χ0) is 27.0. The molecule has 1 saturated carbocycles. The maximum absolute atomic E-state index is 14.5. The van der Waals surface area contributed by atoms with Crippen LogP contribution in [0.1, 0.15) is 66.5 Å². The second-order valence-electron chi connectivity index (χ2n) is 10.0. The molecule has 202 valence electrons. The quantitative estimate of drug-likeness (QED) is 0.417. The molecule has 1 aromatic heterocycles. The highest BCUT2D eigenvalue weighted by Gasteiger charge is 2.32. The van der Waals surface area contributed by atoms with Gasteiger partial charge in [0, 0.05) is 36.2 Å². The molecule has 1 aliphatic heterocycles. The summed E-state index contributed by atoms with van der Waals surface area (Å²) in [5, 5.41) is 10.2. The molecular formula is C28H31ClFN3O5. The van der Waals surface area contributed by atoms with Crippen LogP contribution in [0, 0.1) is 5.82 Å². The Morgan fingerprint density at radius 2 is 1.97 bits per heavy atom. The number of fused-ring (bicyclic) bond motifs is 3. The third-order valence-corrected chi connectivity index (χ3v) is 8.16. The second kappa shape index (κ2) is 10.8. The van der Waals surface area contributed by atoms with E-state index < -0.39 is 17.7 Å². The van der Waals surface area contributed by atoms with E-state index in [0.717, 1.165) is 59.7 Å². The molecule has 0 unspecified atom stereocenters. The van der Waals surface area contributed by atoms with Gasteiger partial charge >= 0.3 is 12.1 Å². The summed E-state index contributed by atoms with van der Waals surface area (Å²) in [6, 6.07) is 6.48. The Kier molecular flexibility index (Phi) is 7.47. The second-order valence-corrected chi connectivity index (χ2v) is 10.4. The van der Waals surface area contributed by atoms with Gasteiger partial charge in [-0.2, -0.15) is 0 Å². The number of carboxylic acid groups (broad SMARTS) is 1. The van der Waals surface area contributed by atoms with E-state index in [1.54, 1.807) is 4.90 Å². The van der Waals surface area contributed by atoms with Crippen LogP contribution in [0.15, 0.2) is 24.3 Å². The van der Waals surface area contributed by atoms with Gasteiger partial charge in [-0.25, -0.2) is 14.2 Å². The molecule has 0 saturated heterocycles. The summed E-state index contributed by atoms with van der Waals surface area (Å²) >= 11 is 5.95. The molecule has 5 rings (SSSR count). The van der Waals surface area contributed by atoms with E-state index in [9.17, 15) is 19.1 Å². The van der Waals surface area contributed by atoms with Gasteiger partial charge in [-0.1, -0.05) is 36.9 Å². The molecule has 1 fully saturated rings. The Hall–Kier alpha value is -3.33. The van der Waals surface area contributed by atoms with E-state index in [1.165, 1.54) is 26.7 Å². The highest BCUT2D eigenvalue weighted by atomic mass is 35.5. The third-order valence-electron chi connectivity index (χ3n) is 7.87. The van der Waals surface area contributed by atoms with Gasteiger partial charge in [0.2, 0.25) is 0 Å². The summed E-state index contributed by atoms with van der Waals surface area (Å²) in [4.78, 5) is 31.6. The smallest absolute Gasteiger partial charge is 0.409 e. The van der Waals surface area contributed by atoms with Crippen molar-refractivity contribution < 1.29 is 28.6 Å². The molecule has 8 nitrogen and oxygen atoms in total. The molecule has 1 atom stereocenters. The van der Waals surface area contributed by atoms with Gasteiger partial charge < -0.3 is 24.0 Å². The summed E-state index contributed by atoms with van der Waals surface area (Å²) in [5.74, 6) is -1.66. The van der Waals surface area contributed by atoms with E-state index in [-0.39, 0.29) is 34.9 Å². The number of carbonyl (C=O) groups is 2. The van der Waals surface area contributed by atoms with Crippen molar-refractivity contribution in [1.82, 2.24) is 14.5 Å². The maximum atomic E-state index is 14.5. The molecule has 0 radical (unpaired) electrons. The number of benzene rings is 2. The van der Waals surface area contributed by atoms with Crippen LogP contribution in [0.3, 0.4) is 0 Å². The number of hydrogen-bond donors (Lipinski definition) is 1. The van der Waals surface area contributed by atoms with Crippen LogP contribution in [0.25, 0.3) is 11.0 Å². The largest absolute Gasteiger partial charge is 0.496 e. The Bertz CT molecular complexity index is 1380. The number of halogens is 2. The number of ether oxygens (including phenoxy) is 2. The van der Waals surface area contributed by atoms with Gasteiger partial charge in [0.25, 0.3) is 0 Å². The molecule has 2 aliphatic rings. The number of methoxy groups -OCH3 is 2. The number of amides is 1. The van der Waals surface area contributed by atoms with Crippen LogP contribution >= 0.6 is 11.6 Å². The van der Waals surface area contributed by atoms with Crippen LogP contribution in [0.5, 0.6) is 5.75 Å². The lowest BCUT2D eigenvalue weighted by Crippen LogP contribution is -2.35. The molecule has 0 bridgehead atoms. The molecule has 10 heteroatoms. The van der Waals surface area contributed by atoms with Gasteiger partial charge in [-0.3, -0.25) is 4.79 Å². The molecule has 2 heterocycles. The van der Waals surface area contributed by atoms with E-state index >= 15 is 0 Å². The van der Waals surface area contributed by atoms with Crippen LogP contribution in [-0.4, -0.2) is 52.4 Å². The lowest BCUT2D eigenvalue weighted by Gasteiger charge is -2.27. The van der Waals surface area contributed by atoms with E-state index in [4.69, 9.17) is 26.1 Å². The Morgan fingerprint density at radius 1 is 1.21 bits per heavy atom. The summed E-state index contributed by atoms with van der Waals surface area (Å²) in [6.07, 6.45) is 5.57. The number of rotatable bonds is 6. The lowest BCUT2D eigenvalue weighted by molar-refractivity contribution is -0.139. The molecule has 3 aromatic rings. The molecule has 1 amide bonds. The molecule has 0 spiro atoms. The minimum Gasteiger partial charge on any atom is -0.496 e. The number of carboxylic acids is 1. The van der Waals surface area contributed by atoms with Gasteiger partial charge in [0.15, 0.2) is 0 Å². The number of nitrogens with zero attached hydrogens (tertiary/aromatic N) is 3. The highest BCUT2D eigenvalue weighted by molar-refractivity contribution is 6.30. The molecule has 1 N–H and O–H groups in total. The van der Waals surface area contributed by atoms with Gasteiger partial charge in [-0.05, 0) is 37.0 Å². The summed E-state index contributed by atoms with van der Waals surface area (Å²) in [6.45, 7) is 0.984. The highest BCUT2D eigenvalue weighted by Crippen LogP contribution is 2.39. The van der Waals surface area contributed by atoms with Crippen LogP contribution in [0.4, 0.5) is 9.18 Å². The molecule has 1 aliphatic carbocycles.